The van der Waals surface area contributed by atoms with Crippen molar-refractivity contribution in [1.82, 2.24) is 0 Å². The molecular formula is C14H11Cl2NO2S. The van der Waals surface area contributed by atoms with E-state index in [2.05, 4.69) is 4.72 Å². The number of nitrogens with one attached hydrogen (secondary N) is 1. The topological polar surface area (TPSA) is 46.2 Å². The van der Waals surface area contributed by atoms with E-state index in [1.807, 2.05) is 0 Å². The van der Waals surface area contributed by atoms with Gasteiger partial charge in [-0.25, -0.2) is 8.42 Å². The molecule has 6 heteroatoms. The van der Waals surface area contributed by atoms with Crippen LogP contribution >= 0.6 is 23.2 Å². The highest BCUT2D eigenvalue weighted by molar-refractivity contribution is 7.95. The van der Waals surface area contributed by atoms with Gasteiger partial charge in [-0.1, -0.05) is 35.3 Å². The predicted octanol–water partition coefficient (Wildman–Crippen LogP) is 4.41. The van der Waals surface area contributed by atoms with E-state index in [-0.39, 0.29) is 0 Å². The van der Waals surface area contributed by atoms with Gasteiger partial charge in [-0.05, 0) is 48.0 Å². The summed E-state index contributed by atoms with van der Waals surface area (Å²) in [7, 11) is -3.56. The van der Waals surface area contributed by atoms with Gasteiger partial charge >= 0.3 is 0 Å². The molecule has 0 aromatic heterocycles. The zero-order chi connectivity index (χ0) is 14.6. The van der Waals surface area contributed by atoms with Crippen molar-refractivity contribution in [3.05, 3.63) is 69.5 Å². The molecule has 20 heavy (non-hydrogen) atoms. The van der Waals surface area contributed by atoms with Crippen LogP contribution in [0.2, 0.25) is 10.0 Å². The molecular weight excluding hydrogens is 317 g/mol. The van der Waals surface area contributed by atoms with Crippen LogP contribution in [0.5, 0.6) is 0 Å². The molecule has 1 N–H and O–H groups in total. The molecule has 0 aliphatic rings. The second-order valence-electron chi connectivity index (χ2n) is 4.01. The van der Waals surface area contributed by atoms with E-state index in [1.165, 1.54) is 6.08 Å². The summed E-state index contributed by atoms with van der Waals surface area (Å²) in [6, 6.07) is 13.3. The van der Waals surface area contributed by atoms with Crippen LogP contribution in [0.3, 0.4) is 0 Å². The molecule has 0 amide bonds. The van der Waals surface area contributed by atoms with Crippen molar-refractivity contribution in [3.63, 3.8) is 0 Å². The minimum absolute atomic E-state index is 0.454. The number of hydrogen-bond acceptors (Lipinski definition) is 2. The first-order chi connectivity index (χ1) is 9.44. The molecule has 0 unspecified atom stereocenters. The van der Waals surface area contributed by atoms with Gasteiger partial charge in [0.25, 0.3) is 10.0 Å². The average Bonchev–Trinajstić information content (AvgIpc) is 2.41. The molecule has 0 spiro atoms. The molecule has 104 valence electrons. The first-order valence-corrected chi connectivity index (χ1v) is 7.97. The lowest BCUT2D eigenvalue weighted by molar-refractivity contribution is 0.609. The third-order valence-corrected chi connectivity index (χ3v) is 3.93. The maximum atomic E-state index is 11.9. The molecule has 0 fully saturated rings. The first-order valence-electron chi connectivity index (χ1n) is 5.67. The minimum atomic E-state index is -3.56. The molecule has 2 rings (SSSR count). The summed E-state index contributed by atoms with van der Waals surface area (Å²) < 4.78 is 26.2. The average molecular weight is 328 g/mol. The van der Waals surface area contributed by atoms with E-state index in [4.69, 9.17) is 23.2 Å². The van der Waals surface area contributed by atoms with Crippen molar-refractivity contribution in [1.29, 1.82) is 0 Å². The van der Waals surface area contributed by atoms with E-state index < -0.39 is 10.0 Å². The highest BCUT2D eigenvalue weighted by Crippen LogP contribution is 2.16. The maximum Gasteiger partial charge on any atom is 0.255 e. The van der Waals surface area contributed by atoms with Crippen LogP contribution in [0.1, 0.15) is 5.56 Å². The summed E-state index contributed by atoms with van der Waals surface area (Å²) >= 11 is 11.5. The summed E-state index contributed by atoms with van der Waals surface area (Å²) in [4.78, 5) is 0. The molecule has 3 nitrogen and oxygen atoms in total. The Morgan fingerprint density at radius 1 is 0.850 bits per heavy atom. The van der Waals surface area contributed by atoms with Crippen molar-refractivity contribution in [2.24, 2.45) is 0 Å². The number of sulfonamides is 1. The van der Waals surface area contributed by atoms with E-state index in [0.29, 0.717) is 15.7 Å². The number of anilines is 1. The van der Waals surface area contributed by atoms with Gasteiger partial charge in [0.05, 0.1) is 5.41 Å². The summed E-state index contributed by atoms with van der Waals surface area (Å²) in [6.45, 7) is 0. The SMILES string of the molecule is O=S(=O)(/C=C/c1ccc(Cl)cc1)Nc1ccc(Cl)cc1. The Hall–Kier alpha value is -1.49. The smallest absolute Gasteiger partial charge is 0.255 e. The van der Waals surface area contributed by atoms with Crippen molar-refractivity contribution in [3.8, 4) is 0 Å². The van der Waals surface area contributed by atoms with Crippen LogP contribution in [-0.2, 0) is 10.0 Å². The summed E-state index contributed by atoms with van der Waals surface area (Å²) in [6.07, 6.45) is 1.49. The fourth-order valence-corrected chi connectivity index (χ4v) is 2.58. The third-order valence-electron chi connectivity index (χ3n) is 2.41. The van der Waals surface area contributed by atoms with E-state index in [0.717, 1.165) is 11.0 Å². The van der Waals surface area contributed by atoms with Gasteiger partial charge in [0.2, 0.25) is 0 Å². The molecule has 2 aromatic carbocycles. The zero-order valence-electron chi connectivity index (χ0n) is 10.3. The Morgan fingerprint density at radius 3 is 1.90 bits per heavy atom. The molecule has 0 saturated heterocycles. The lowest BCUT2D eigenvalue weighted by atomic mass is 10.2. The molecule has 0 saturated carbocycles. The number of hydrogen-bond donors (Lipinski definition) is 1. The molecule has 0 atom stereocenters. The van der Waals surface area contributed by atoms with Crippen LogP contribution in [-0.4, -0.2) is 8.42 Å². The van der Waals surface area contributed by atoms with Gasteiger partial charge in [0, 0.05) is 15.7 Å². The molecule has 0 aliphatic heterocycles. The van der Waals surface area contributed by atoms with Crippen LogP contribution < -0.4 is 4.72 Å². The highest BCUT2D eigenvalue weighted by Gasteiger charge is 2.05. The molecule has 0 bridgehead atoms. The number of benzene rings is 2. The predicted molar refractivity (Wildman–Crippen MR) is 84.5 cm³/mol. The van der Waals surface area contributed by atoms with Crippen molar-refractivity contribution >= 4 is 45.0 Å². The van der Waals surface area contributed by atoms with Crippen molar-refractivity contribution < 1.29 is 8.42 Å². The van der Waals surface area contributed by atoms with Crippen LogP contribution in [0, 0.1) is 0 Å². The molecule has 2 aromatic rings. The van der Waals surface area contributed by atoms with Gasteiger partial charge in [-0.2, -0.15) is 0 Å². The number of halogens is 2. The number of rotatable bonds is 4. The van der Waals surface area contributed by atoms with Crippen molar-refractivity contribution in [2.45, 2.75) is 0 Å². The minimum Gasteiger partial charge on any atom is -0.280 e. The molecule has 0 heterocycles. The molecule has 0 aliphatic carbocycles. The Kier molecular flexibility index (Phi) is 4.70. The fourth-order valence-electron chi connectivity index (χ4n) is 1.46. The second kappa shape index (κ2) is 6.31. The van der Waals surface area contributed by atoms with E-state index in [1.54, 1.807) is 48.5 Å². The summed E-state index contributed by atoms with van der Waals surface area (Å²) in [5.41, 5.74) is 1.20. The summed E-state index contributed by atoms with van der Waals surface area (Å²) in [5, 5.41) is 2.25. The Balaban J connectivity index is 2.11. The third kappa shape index (κ3) is 4.56. The lowest BCUT2D eigenvalue weighted by Gasteiger charge is -2.04. The standard InChI is InChI=1S/C14H11Cl2NO2S/c15-12-3-1-11(2-4-12)9-10-20(18,19)17-14-7-5-13(16)6-8-14/h1-10,17H/b10-9+. The van der Waals surface area contributed by atoms with Gasteiger partial charge in [-0.15, -0.1) is 0 Å². The van der Waals surface area contributed by atoms with Gasteiger partial charge in [0.1, 0.15) is 0 Å². The molecule has 0 radical (unpaired) electrons. The van der Waals surface area contributed by atoms with Gasteiger partial charge < -0.3 is 0 Å². The highest BCUT2D eigenvalue weighted by atomic mass is 35.5. The monoisotopic (exact) mass is 327 g/mol. The maximum absolute atomic E-state index is 11.9. The quantitative estimate of drug-likeness (QED) is 0.904. The Morgan fingerprint density at radius 2 is 1.35 bits per heavy atom. The van der Waals surface area contributed by atoms with Gasteiger partial charge in [0.15, 0.2) is 0 Å². The van der Waals surface area contributed by atoms with Crippen molar-refractivity contribution in [2.75, 3.05) is 4.72 Å². The fraction of sp³-hybridized carbons (Fsp3) is 0. The van der Waals surface area contributed by atoms with E-state index in [9.17, 15) is 8.42 Å². The van der Waals surface area contributed by atoms with Gasteiger partial charge in [-0.3, -0.25) is 4.72 Å². The lowest BCUT2D eigenvalue weighted by Crippen LogP contribution is -2.08. The zero-order valence-corrected chi connectivity index (χ0v) is 12.6. The van der Waals surface area contributed by atoms with E-state index >= 15 is 0 Å². The second-order valence-corrected chi connectivity index (χ2v) is 6.45. The first kappa shape index (κ1) is 14.9. The summed E-state index contributed by atoms with van der Waals surface area (Å²) in [5.74, 6) is 0. The van der Waals surface area contributed by atoms with Crippen LogP contribution in [0.4, 0.5) is 5.69 Å². The normalized spacial score (nSPS) is 11.7. The Labute approximate surface area is 127 Å². The largest absolute Gasteiger partial charge is 0.280 e. The van der Waals surface area contributed by atoms with Crippen LogP contribution in [0.25, 0.3) is 6.08 Å². The Bertz CT molecular complexity index is 708. The van der Waals surface area contributed by atoms with Crippen LogP contribution in [0.15, 0.2) is 53.9 Å².